The van der Waals surface area contributed by atoms with Crippen LogP contribution < -0.4 is 10.6 Å². The van der Waals surface area contributed by atoms with Crippen LogP contribution in [0.2, 0.25) is 0 Å². The molecule has 1 amide bonds. The first-order valence-electron chi connectivity index (χ1n) is 6.57. The van der Waals surface area contributed by atoms with Gasteiger partial charge in [0.05, 0.1) is 18.7 Å². The summed E-state index contributed by atoms with van der Waals surface area (Å²) in [5.74, 6) is -0.275. The Morgan fingerprint density at radius 1 is 1.27 bits per heavy atom. The van der Waals surface area contributed by atoms with Gasteiger partial charge < -0.3 is 10.6 Å². The highest BCUT2D eigenvalue weighted by atomic mass is 32.1. The average Bonchev–Trinajstić information content (AvgIpc) is 2.96. The van der Waals surface area contributed by atoms with Gasteiger partial charge in [-0.05, 0) is 36.1 Å². The summed E-state index contributed by atoms with van der Waals surface area (Å²) < 4.78 is 38.4. The topological polar surface area (TPSA) is 41.1 Å². The predicted octanol–water partition coefficient (Wildman–Crippen LogP) is 3.80. The molecule has 1 aromatic carbocycles. The van der Waals surface area contributed by atoms with Crippen LogP contribution in [0.4, 0.5) is 18.9 Å². The predicted molar refractivity (Wildman–Crippen MR) is 80.8 cm³/mol. The Morgan fingerprint density at radius 2 is 2.05 bits per heavy atom. The van der Waals surface area contributed by atoms with Crippen LogP contribution in [0.5, 0.6) is 0 Å². The molecule has 0 saturated heterocycles. The molecule has 0 unspecified atom stereocenters. The zero-order chi connectivity index (χ0) is 16.2. The molecule has 2 aromatic rings. The number of carbonyl (C=O) groups is 1. The summed E-state index contributed by atoms with van der Waals surface area (Å²) in [6.07, 6.45) is -4.40. The third-order valence-corrected chi connectivity index (χ3v) is 3.91. The Kier molecular flexibility index (Phi) is 5.07. The Hall–Kier alpha value is -2.02. The van der Waals surface area contributed by atoms with Crippen LogP contribution in [-0.2, 0) is 17.5 Å². The molecule has 0 aliphatic heterocycles. The molecule has 1 heterocycles. The van der Waals surface area contributed by atoms with Crippen LogP contribution in [-0.4, -0.2) is 12.5 Å². The summed E-state index contributed by atoms with van der Waals surface area (Å²) in [7, 11) is 0. The molecule has 3 nitrogen and oxygen atoms in total. The van der Waals surface area contributed by atoms with E-state index in [4.69, 9.17) is 0 Å². The maximum Gasteiger partial charge on any atom is 0.416 e. The largest absolute Gasteiger partial charge is 0.416 e. The number of carbonyl (C=O) groups excluding carboxylic acids is 1. The van der Waals surface area contributed by atoms with Gasteiger partial charge in [-0.15, -0.1) is 11.3 Å². The second kappa shape index (κ2) is 6.83. The Morgan fingerprint density at radius 3 is 2.68 bits per heavy atom. The van der Waals surface area contributed by atoms with Crippen LogP contribution in [0.15, 0.2) is 35.7 Å². The van der Waals surface area contributed by atoms with E-state index in [1.54, 1.807) is 0 Å². The molecule has 0 bridgehead atoms. The molecular weight excluding hydrogens is 313 g/mol. The Balaban J connectivity index is 1.90. The van der Waals surface area contributed by atoms with E-state index in [9.17, 15) is 18.0 Å². The van der Waals surface area contributed by atoms with Crippen LogP contribution in [0.3, 0.4) is 0 Å². The monoisotopic (exact) mass is 328 g/mol. The fraction of sp³-hybridized carbons (Fsp3) is 0.267. The van der Waals surface area contributed by atoms with E-state index in [1.165, 1.54) is 30.4 Å². The number of benzene rings is 1. The molecule has 0 fully saturated rings. The van der Waals surface area contributed by atoms with Crippen molar-refractivity contribution in [3.63, 3.8) is 0 Å². The number of nitrogens with one attached hydrogen (secondary N) is 2. The summed E-state index contributed by atoms with van der Waals surface area (Å²) in [4.78, 5) is 12.7. The number of aryl methyl sites for hydroxylation is 1. The molecule has 0 aliphatic carbocycles. The molecule has 0 saturated carbocycles. The van der Waals surface area contributed by atoms with Crippen molar-refractivity contribution >= 4 is 22.9 Å². The van der Waals surface area contributed by atoms with E-state index >= 15 is 0 Å². The number of hydrogen-bond donors (Lipinski definition) is 2. The average molecular weight is 328 g/mol. The molecule has 0 radical (unpaired) electrons. The van der Waals surface area contributed by atoms with E-state index < -0.39 is 11.7 Å². The first-order valence-corrected chi connectivity index (χ1v) is 7.45. The van der Waals surface area contributed by atoms with E-state index in [0.717, 1.165) is 10.9 Å². The second-order valence-electron chi connectivity index (χ2n) is 4.74. The smallest absolute Gasteiger partial charge is 0.376 e. The summed E-state index contributed by atoms with van der Waals surface area (Å²) in [5.41, 5.74) is -0.277. The van der Waals surface area contributed by atoms with Crippen molar-refractivity contribution in [3.8, 4) is 0 Å². The summed E-state index contributed by atoms with van der Waals surface area (Å²) in [5, 5.41) is 7.31. The van der Waals surface area contributed by atoms with Gasteiger partial charge in [-0.1, -0.05) is 12.1 Å². The van der Waals surface area contributed by atoms with Crippen molar-refractivity contribution in [2.24, 2.45) is 0 Å². The SMILES string of the molecule is Cc1ccc(NCC(=O)NCc2cccs2)cc1C(F)(F)F. The maximum absolute atomic E-state index is 12.8. The number of alkyl halides is 3. The number of rotatable bonds is 5. The van der Waals surface area contributed by atoms with Crippen molar-refractivity contribution in [1.82, 2.24) is 5.32 Å². The summed E-state index contributed by atoms with van der Waals surface area (Å²) in [6.45, 7) is 1.74. The minimum absolute atomic E-state index is 0.0776. The molecule has 0 aliphatic rings. The first-order chi connectivity index (χ1) is 10.4. The fourth-order valence-corrected chi connectivity index (χ4v) is 2.53. The van der Waals surface area contributed by atoms with Crippen LogP contribution >= 0.6 is 11.3 Å². The van der Waals surface area contributed by atoms with Crippen molar-refractivity contribution in [2.45, 2.75) is 19.6 Å². The molecule has 1 aromatic heterocycles. The van der Waals surface area contributed by atoms with E-state index in [1.807, 2.05) is 17.5 Å². The highest BCUT2D eigenvalue weighted by Crippen LogP contribution is 2.33. The van der Waals surface area contributed by atoms with E-state index in [0.29, 0.717) is 6.54 Å². The van der Waals surface area contributed by atoms with Gasteiger partial charge in [0.25, 0.3) is 0 Å². The van der Waals surface area contributed by atoms with Gasteiger partial charge in [-0.3, -0.25) is 4.79 Å². The number of amides is 1. The number of halogens is 3. The molecule has 7 heteroatoms. The van der Waals surface area contributed by atoms with Gasteiger partial charge >= 0.3 is 6.18 Å². The highest BCUT2D eigenvalue weighted by Gasteiger charge is 2.32. The molecular formula is C15H15F3N2OS. The standard InChI is InChI=1S/C15H15F3N2OS/c1-10-4-5-11(7-13(10)15(16,17)18)19-9-14(21)20-8-12-3-2-6-22-12/h2-7,19H,8-9H2,1H3,(H,20,21). The molecule has 0 spiro atoms. The minimum Gasteiger partial charge on any atom is -0.376 e. The first kappa shape index (κ1) is 16.4. The van der Waals surface area contributed by atoms with Gasteiger partial charge in [0.15, 0.2) is 0 Å². The van der Waals surface area contributed by atoms with E-state index in [-0.39, 0.29) is 23.7 Å². The fourth-order valence-electron chi connectivity index (χ4n) is 1.88. The lowest BCUT2D eigenvalue weighted by atomic mass is 10.1. The van der Waals surface area contributed by atoms with Crippen molar-refractivity contribution in [1.29, 1.82) is 0 Å². The molecule has 2 N–H and O–H groups in total. The Labute approximate surface area is 130 Å². The lowest BCUT2D eigenvalue weighted by molar-refractivity contribution is -0.138. The molecule has 0 atom stereocenters. The second-order valence-corrected chi connectivity index (χ2v) is 5.77. The van der Waals surface area contributed by atoms with Gasteiger partial charge in [-0.25, -0.2) is 0 Å². The zero-order valence-electron chi connectivity index (χ0n) is 11.8. The maximum atomic E-state index is 12.8. The molecule has 2 rings (SSSR count). The normalized spacial score (nSPS) is 11.3. The van der Waals surface area contributed by atoms with Crippen molar-refractivity contribution < 1.29 is 18.0 Å². The minimum atomic E-state index is -4.40. The van der Waals surface area contributed by atoms with Gasteiger partial charge in [0, 0.05) is 10.6 Å². The number of anilines is 1. The Bertz CT molecular complexity index is 639. The molecule has 22 heavy (non-hydrogen) atoms. The number of hydrogen-bond acceptors (Lipinski definition) is 3. The van der Waals surface area contributed by atoms with Gasteiger partial charge in [0.2, 0.25) is 5.91 Å². The molecule has 118 valence electrons. The van der Waals surface area contributed by atoms with Crippen molar-refractivity contribution in [2.75, 3.05) is 11.9 Å². The summed E-state index contributed by atoms with van der Waals surface area (Å²) >= 11 is 1.53. The van der Waals surface area contributed by atoms with Gasteiger partial charge in [-0.2, -0.15) is 13.2 Å². The quantitative estimate of drug-likeness (QED) is 0.876. The van der Waals surface area contributed by atoms with Gasteiger partial charge in [0.1, 0.15) is 0 Å². The van der Waals surface area contributed by atoms with Crippen molar-refractivity contribution in [3.05, 3.63) is 51.7 Å². The lowest BCUT2D eigenvalue weighted by Gasteiger charge is -2.13. The lowest BCUT2D eigenvalue weighted by Crippen LogP contribution is -2.29. The number of thiophene rings is 1. The summed E-state index contributed by atoms with van der Waals surface area (Å²) in [6, 6.07) is 7.71. The van der Waals surface area contributed by atoms with Crippen LogP contribution in [0.25, 0.3) is 0 Å². The van der Waals surface area contributed by atoms with Crippen LogP contribution in [0, 0.1) is 6.92 Å². The zero-order valence-corrected chi connectivity index (χ0v) is 12.6. The third-order valence-electron chi connectivity index (χ3n) is 3.04. The highest BCUT2D eigenvalue weighted by molar-refractivity contribution is 7.09. The third kappa shape index (κ3) is 4.49. The van der Waals surface area contributed by atoms with Crippen LogP contribution in [0.1, 0.15) is 16.0 Å². The van der Waals surface area contributed by atoms with E-state index in [2.05, 4.69) is 10.6 Å².